The first kappa shape index (κ1) is 17.7. The van der Waals surface area contributed by atoms with Gasteiger partial charge in [-0.05, 0) is 24.3 Å². The third kappa shape index (κ3) is 6.76. The second kappa shape index (κ2) is 8.17. The van der Waals surface area contributed by atoms with E-state index in [-0.39, 0.29) is 17.5 Å². The molecule has 0 saturated carbocycles. The first-order valence-corrected chi connectivity index (χ1v) is 8.94. The quantitative estimate of drug-likeness (QED) is 0.812. The molecule has 118 valence electrons. The summed E-state index contributed by atoms with van der Waals surface area (Å²) < 4.78 is 10.9. The Labute approximate surface area is 130 Å². The lowest BCUT2D eigenvalue weighted by atomic mass is 9.79. The molecule has 0 bridgehead atoms. The molecule has 4 nitrogen and oxygen atoms in total. The fourth-order valence-electron chi connectivity index (χ4n) is 2.41. The molecule has 0 aliphatic rings. The van der Waals surface area contributed by atoms with E-state index < -0.39 is 10.8 Å². The van der Waals surface area contributed by atoms with E-state index >= 15 is 0 Å². The molecule has 1 rings (SSSR count). The van der Waals surface area contributed by atoms with Crippen molar-refractivity contribution in [1.82, 2.24) is 10.6 Å². The maximum absolute atomic E-state index is 11.7. The summed E-state index contributed by atoms with van der Waals surface area (Å²) in [5.41, 5.74) is 1.26. The van der Waals surface area contributed by atoms with E-state index in [1.165, 1.54) is 5.56 Å². The van der Waals surface area contributed by atoms with E-state index in [4.69, 9.17) is 0 Å². The molecular formula is C16H26N2O2S. The van der Waals surface area contributed by atoms with Crippen molar-refractivity contribution >= 4 is 16.8 Å². The lowest BCUT2D eigenvalue weighted by molar-refractivity contribution is 0.235. The first-order chi connectivity index (χ1) is 9.81. The van der Waals surface area contributed by atoms with E-state index in [2.05, 4.69) is 36.6 Å². The van der Waals surface area contributed by atoms with Crippen LogP contribution in [0.15, 0.2) is 30.3 Å². The summed E-state index contributed by atoms with van der Waals surface area (Å²) in [6.45, 7) is 6.79. The number of urea groups is 1. The lowest BCUT2D eigenvalue weighted by Crippen LogP contribution is -2.44. The molecule has 0 heterocycles. The maximum Gasteiger partial charge on any atom is 0.315 e. The van der Waals surface area contributed by atoms with Crippen molar-refractivity contribution in [2.75, 3.05) is 18.6 Å². The van der Waals surface area contributed by atoms with Crippen LogP contribution in [0.3, 0.4) is 0 Å². The van der Waals surface area contributed by atoms with E-state index in [0.29, 0.717) is 12.3 Å². The van der Waals surface area contributed by atoms with Gasteiger partial charge in [0.05, 0.1) is 0 Å². The van der Waals surface area contributed by atoms with Crippen LogP contribution in [-0.2, 0) is 16.2 Å². The second-order valence-corrected chi connectivity index (χ2v) is 7.59. The van der Waals surface area contributed by atoms with Crippen molar-refractivity contribution < 1.29 is 9.00 Å². The summed E-state index contributed by atoms with van der Waals surface area (Å²) in [6.07, 6.45) is 2.48. The Bertz CT molecular complexity index is 474. The number of hydrogen-bond acceptors (Lipinski definition) is 2. The summed E-state index contributed by atoms with van der Waals surface area (Å²) in [5.74, 6) is 0.483. The monoisotopic (exact) mass is 310 g/mol. The summed E-state index contributed by atoms with van der Waals surface area (Å²) in [7, 11) is -0.878. The summed E-state index contributed by atoms with van der Waals surface area (Å²) >= 11 is 0. The smallest absolute Gasteiger partial charge is 0.315 e. The predicted octanol–water partition coefficient (Wildman–Crippen LogP) is 2.42. The highest BCUT2D eigenvalue weighted by Gasteiger charge is 2.23. The molecule has 0 saturated heterocycles. The standard InChI is InChI=1S/C16H26N2O2S/c1-13(18-15(19)17-10-11-21(4)20)12-16(2,3)14-8-6-5-7-9-14/h5-9,13H,10-12H2,1-4H3,(H2,17,18,19)/t13-,21-/m0/s1. The summed E-state index contributed by atoms with van der Waals surface area (Å²) in [4.78, 5) is 11.7. The minimum Gasteiger partial charge on any atom is -0.337 e. The minimum atomic E-state index is -0.878. The molecule has 0 unspecified atom stereocenters. The van der Waals surface area contributed by atoms with Gasteiger partial charge in [-0.3, -0.25) is 4.21 Å². The Morgan fingerprint density at radius 2 is 1.90 bits per heavy atom. The van der Waals surface area contributed by atoms with Crippen LogP contribution in [0.2, 0.25) is 0 Å². The van der Waals surface area contributed by atoms with Gasteiger partial charge in [0.2, 0.25) is 0 Å². The highest BCUT2D eigenvalue weighted by molar-refractivity contribution is 7.84. The van der Waals surface area contributed by atoms with Crippen LogP contribution in [0.5, 0.6) is 0 Å². The van der Waals surface area contributed by atoms with Crippen molar-refractivity contribution in [2.24, 2.45) is 0 Å². The zero-order valence-corrected chi connectivity index (χ0v) is 14.1. The van der Waals surface area contributed by atoms with Crippen molar-refractivity contribution in [3.63, 3.8) is 0 Å². The molecule has 0 aliphatic heterocycles. The van der Waals surface area contributed by atoms with E-state index in [0.717, 1.165) is 6.42 Å². The molecule has 2 amide bonds. The second-order valence-electron chi connectivity index (χ2n) is 6.03. The largest absolute Gasteiger partial charge is 0.337 e. The van der Waals surface area contributed by atoms with Gasteiger partial charge in [0.25, 0.3) is 0 Å². The van der Waals surface area contributed by atoms with Crippen molar-refractivity contribution in [1.29, 1.82) is 0 Å². The molecule has 21 heavy (non-hydrogen) atoms. The Balaban J connectivity index is 2.44. The van der Waals surface area contributed by atoms with Gasteiger partial charge in [0.15, 0.2) is 0 Å². The minimum absolute atomic E-state index is 0.00112. The van der Waals surface area contributed by atoms with Crippen LogP contribution in [0.25, 0.3) is 0 Å². The third-order valence-electron chi connectivity index (χ3n) is 3.42. The Morgan fingerprint density at radius 1 is 1.29 bits per heavy atom. The van der Waals surface area contributed by atoms with Gasteiger partial charge >= 0.3 is 6.03 Å². The molecule has 2 atom stereocenters. The van der Waals surface area contributed by atoms with Crippen molar-refractivity contribution in [2.45, 2.75) is 38.6 Å². The SMILES string of the molecule is C[C@@H](CC(C)(C)c1ccccc1)NC(=O)NCC[S@](C)=O. The van der Waals surface area contributed by atoms with Crippen LogP contribution in [0.4, 0.5) is 4.79 Å². The van der Waals surface area contributed by atoms with Crippen LogP contribution < -0.4 is 10.6 Å². The normalized spacial score (nSPS) is 14.3. The predicted molar refractivity (Wildman–Crippen MR) is 89.0 cm³/mol. The van der Waals surface area contributed by atoms with Gasteiger partial charge in [-0.2, -0.15) is 0 Å². The number of carbonyl (C=O) groups excluding carboxylic acids is 1. The zero-order chi connectivity index (χ0) is 15.9. The van der Waals surface area contributed by atoms with Gasteiger partial charge < -0.3 is 10.6 Å². The van der Waals surface area contributed by atoms with Gasteiger partial charge in [-0.15, -0.1) is 0 Å². The molecule has 0 fully saturated rings. The molecule has 5 heteroatoms. The number of rotatable bonds is 7. The first-order valence-electron chi connectivity index (χ1n) is 7.21. The molecule has 2 N–H and O–H groups in total. The Kier molecular flexibility index (Phi) is 6.89. The van der Waals surface area contributed by atoms with Crippen LogP contribution in [0, 0.1) is 0 Å². The number of benzene rings is 1. The molecule has 0 radical (unpaired) electrons. The van der Waals surface area contributed by atoms with Crippen molar-refractivity contribution in [3.8, 4) is 0 Å². The fraction of sp³-hybridized carbons (Fsp3) is 0.562. The third-order valence-corrected chi connectivity index (χ3v) is 4.20. The Hall–Kier alpha value is -1.36. The van der Waals surface area contributed by atoms with Gasteiger partial charge in [-0.1, -0.05) is 44.2 Å². The topological polar surface area (TPSA) is 58.2 Å². The lowest BCUT2D eigenvalue weighted by Gasteiger charge is -2.29. The molecular weight excluding hydrogens is 284 g/mol. The Morgan fingerprint density at radius 3 is 2.48 bits per heavy atom. The molecule has 0 aliphatic carbocycles. The van der Waals surface area contributed by atoms with Gasteiger partial charge in [0, 0.05) is 35.4 Å². The summed E-state index contributed by atoms with van der Waals surface area (Å²) in [5, 5.41) is 5.66. The maximum atomic E-state index is 11.7. The molecule has 0 spiro atoms. The number of amides is 2. The van der Waals surface area contributed by atoms with E-state index in [1.54, 1.807) is 6.26 Å². The molecule has 1 aromatic carbocycles. The zero-order valence-electron chi connectivity index (χ0n) is 13.3. The number of carbonyl (C=O) groups is 1. The molecule has 0 aromatic heterocycles. The average Bonchev–Trinajstić information content (AvgIpc) is 2.38. The van der Waals surface area contributed by atoms with E-state index in [9.17, 15) is 9.00 Å². The summed E-state index contributed by atoms with van der Waals surface area (Å²) in [6, 6.07) is 10.2. The molecule has 1 aromatic rings. The van der Waals surface area contributed by atoms with Crippen LogP contribution >= 0.6 is 0 Å². The fourth-order valence-corrected chi connectivity index (χ4v) is 2.80. The average molecular weight is 310 g/mol. The van der Waals surface area contributed by atoms with Crippen LogP contribution in [-0.4, -0.2) is 34.8 Å². The van der Waals surface area contributed by atoms with Crippen LogP contribution in [0.1, 0.15) is 32.8 Å². The highest BCUT2D eigenvalue weighted by Crippen LogP contribution is 2.27. The highest BCUT2D eigenvalue weighted by atomic mass is 32.2. The number of hydrogen-bond donors (Lipinski definition) is 2. The number of nitrogens with one attached hydrogen (secondary N) is 2. The van der Waals surface area contributed by atoms with Gasteiger partial charge in [0.1, 0.15) is 0 Å². The van der Waals surface area contributed by atoms with E-state index in [1.807, 2.05) is 25.1 Å². The van der Waals surface area contributed by atoms with Gasteiger partial charge in [-0.25, -0.2) is 4.79 Å². The van der Waals surface area contributed by atoms with Crippen molar-refractivity contribution in [3.05, 3.63) is 35.9 Å².